The second-order valence-corrected chi connectivity index (χ2v) is 5.80. The van der Waals surface area contributed by atoms with Gasteiger partial charge in [0.05, 0.1) is 12.0 Å². The van der Waals surface area contributed by atoms with Crippen molar-refractivity contribution in [2.45, 2.75) is 20.0 Å². The zero-order chi connectivity index (χ0) is 17.5. The highest BCUT2D eigenvalue weighted by Crippen LogP contribution is 2.13. The summed E-state index contributed by atoms with van der Waals surface area (Å²) in [6.45, 7) is 3.55. The molecule has 2 N–H and O–H groups in total. The molecule has 0 unspecified atom stereocenters. The highest BCUT2D eigenvalue weighted by molar-refractivity contribution is 14.0. The number of hydrogen-bond acceptors (Lipinski definition) is 2. The van der Waals surface area contributed by atoms with E-state index in [2.05, 4.69) is 63.9 Å². The van der Waals surface area contributed by atoms with E-state index in [0.29, 0.717) is 6.54 Å². The van der Waals surface area contributed by atoms with Gasteiger partial charge in [-0.1, -0.05) is 42.5 Å². The van der Waals surface area contributed by atoms with Crippen molar-refractivity contribution >= 4 is 29.9 Å². The Hall–Kier alpha value is -2.35. The molecule has 0 amide bonds. The van der Waals surface area contributed by atoms with Gasteiger partial charge in [0.2, 0.25) is 0 Å². The van der Waals surface area contributed by atoms with E-state index in [1.54, 1.807) is 13.2 Å². The average Bonchev–Trinajstić information content (AvgIpc) is 3.18. The van der Waals surface area contributed by atoms with Gasteiger partial charge < -0.3 is 15.2 Å². The molecule has 0 bridgehead atoms. The van der Waals surface area contributed by atoms with Gasteiger partial charge in [0, 0.05) is 32.5 Å². The van der Waals surface area contributed by atoms with E-state index in [0.717, 1.165) is 18.2 Å². The van der Waals surface area contributed by atoms with Crippen LogP contribution < -0.4 is 10.6 Å². The predicted octanol–water partition coefficient (Wildman–Crippen LogP) is 3.66. The average molecular weight is 461 g/mol. The maximum absolute atomic E-state index is 4.32. The number of benzene rings is 2. The molecule has 26 heavy (non-hydrogen) atoms. The topological polar surface area (TPSA) is 54.2 Å². The van der Waals surface area contributed by atoms with E-state index >= 15 is 0 Å². The van der Waals surface area contributed by atoms with Gasteiger partial charge >= 0.3 is 0 Å². The molecule has 1 aromatic heterocycles. The molecule has 1 heterocycles. The first-order valence-corrected chi connectivity index (χ1v) is 8.33. The zero-order valence-corrected chi connectivity index (χ0v) is 17.3. The number of hydrogen-bond donors (Lipinski definition) is 2. The molecule has 0 saturated carbocycles. The van der Waals surface area contributed by atoms with E-state index in [9.17, 15) is 0 Å². The molecule has 0 atom stereocenters. The van der Waals surface area contributed by atoms with Crippen molar-refractivity contribution in [1.29, 1.82) is 0 Å². The van der Waals surface area contributed by atoms with Crippen molar-refractivity contribution < 1.29 is 0 Å². The van der Waals surface area contributed by atoms with Crippen LogP contribution in [0.5, 0.6) is 0 Å². The van der Waals surface area contributed by atoms with Crippen LogP contribution in [-0.2, 0) is 13.1 Å². The second kappa shape index (κ2) is 9.96. The first-order valence-electron chi connectivity index (χ1n) is 8.33. The fraction of sp³-hybridized carbons (Fsp3) is 0.200. The van der Waals surface area contributed by atoms with Crippen molar-refractivity contribution in [3.05, 3.63) is 83.9 Å². The van der Waals surface area contributed by atoms with Crippen molar-refractivity contribution in [3.63, 3.8) is 0 Å². The van der Waals surface area contributed by atoms with Crippen LogP contribution in [0.2, 0.25) is 0 Å². The summed E-state index contributed by atoms with van der Waals surface area (Å²) in [4.78, 5) is 8.44. The summed E-state index contributed by atoms with van der Waals surface area (Å²) in [6.07, 6.45) is 5.54. The molecule has 5 nitrogen and oxygen atoms in total. The maximum Gasteiger partial charge on any atom is 0.191 e. The number of halogens is 1. The van der Waals surface area contributed by atoms with E-state index in [1.165, 1.54) is 16.7 Å². The standard InChI is InChI=1S/C20H23N5.HI/c1-16-7-3-4-8-17(16)13-23-20(21-2)24-14-18-9-5-6-10-19(18)25-12-11-22-15-25;/h3-12,15H,13-14H2,1-2H3,(H2,21,23,24);1H. The summed E-state index contributed by atoms with van der Waals surface area (Å²) >= 11 is 0. The van der Waals surface area contributed by atoms with Crippen LogP contribution in [0.15, 0.2) is 72.2 Å². The Morgan fingerprint density at radius 1 is 1.00 bits per heavy atom. The van der Waals surface area contributed by atoms with E-state index in [1.807, 2.05) is 29.2 Å². The van der Waals surface area contributed by atoms with Gasteiger partial charge in [-0.15, -0.1) is 24.0 Å². The van der Waals surface area contributed by atoms with Crippen molar-refractivity contribution in [2.24, 2.45) is 4.99 Å². The summed E-state index contributed by atoms with van der Waals surface area (Å²) in [6, 6.07) is 16.6. The van der Waals surface area contributed by atoms with Crippen molar-refractivity contribution in [1.82, 2.24) is 20.2 Å². The van der Waals surface area contributed by atoms with Crippen LogP contribution in [0, 0.1) is 6.92 Å². The fourth-order valence-electron chi connectivity index (χ4n) is 2.70. The quantitative estimate of drug-likeness (QED) is 0.347. The first-order chi connectivity index (χ1) is 12.3. The SMILES string of the molecule is CN=C(NCc1ccccc1C)NCc1ccccc1-n1ccnc1.I. The number of nitrogens with one attached hydrogen (secondary N) is 2. The molecule has 0 saturated heterocycles. The van der Waals surface area contributed by atoms with E-state index in [4.69, 9.17) is 0 Å². The Labute approximate surface area is 171 Å². The van der Waals surface area contributed by atoms with Gasteiger partial charge in [-0.2, -0.15) is 0 Å². The van der Waals surface area contributed by atoms with Crippen LogP contribution >= 0.6 is 24.0 Å². The van der Waals surface area contributed by atoms with Crippen LogP contribution in [-0.4, -0.2) is 22.6 Å². The number of aromatic nitrogens is 2. The monoisotopic (exact) mass is 461 g/mol. The number of aliphatic imine (C=N–C) groups is 1. The third kappa shape index (κ3) is 5.08. The largest absolute Gasteiger partial charge is 0.352 e. The van der Waals surface area contributed by atoms with Gasteiger partial charge in [-0.05, 0) is 29.7 Å². The molecule has 136 valence electrons. The summed E-state index contributed by atoms with van der Waals surface area (Å²) in [5.41, 5.74) is 4.83. The number of para-hydroxylation sites is 1. The molecule has 0 aliphatic heterocycles. The molecule has 6 heteroatoms. The minimum absolute atomic E-state index is 0. The third-order valence-electron chi connectivity index (χ3n) is 4.15. The molecular formula is C20H24IN5. The van der Waals surface area contributed by atoms with E-state index in [-0.39, 0.29) is 24.0 Å². The van der Waals surface area contributed by atoms with Crippen molar-refractivity contribution in [3.8, 4) is 5.69 Å². The highest BCUT2D eigenvalue weighted by atomic mass is 127. The third-order valence-corrected chi connectivity index (χ3v) is 4.15. The summed E-state index contributed by atoms with van der Waals surface area (Å²) in [5.74, 6) is 0.781. The number of aryl methyl sites for hydroxylation is 1. The lowest BCUT2D eigenvalue weighted by molar-refractivity contribution is 0.801. The number of imidazole rings is 1. The minimum atomic E-state index is 0. The predicted molar refractivity (Wildman–Crippen MR) is 117 cm³/mol. The molecule has 3 rings (SSSR count). The van der Waals surface area contributed by atoms with Gasteiger partial charge in [-0.3, -0.25) is 4.99 Å². The first kappa shape index (κ1) is 20.0. The smallest absolute Gasteiger partial charge is 0.191 e. The lowest BCUT2D eigenvalue weighted by Gasteiger charge is -2.15. The molecule has 0 radical (unpaired) electrons. The molecule has 0 aliphatic rings. The Bertz CT molecular complexity index is 843. The molecule has 0 aliphatic carbocycles. The van der Waals surface area contributed by atoms with Gasteiger partial charge in [-0.25, -0.2) is 4.98 Å². The Kier molecular flexibility index (Phi) is 7.65. The number of guanidine groups is 1. The number of nitrogens with zero attached hydrogens (tertiary/aromatic N) is 3. The van der Waals surface area contributed by atoms with Gasteiger partial charge in [0.1, 0.15) is 0 Å². The van der Waals surface area contributed by atoms with Crippen LogP contribution in [0.4, 0.5) is 0 Å². The summed E-state index contributed by atoms with van der Waals surface area (Å²) in [7, 11) is 1.79. The Morgan fingerprint density at radius 3 is 2.31 bits per heavy atom. The summed E-state index contributed by atoms with van der Waals surface area (Å²) < 4.78 is 2.01. The second-order valence-electron chi connectivity index (χ2n) is 5.80. The lowest BCUT2D eigenvalue weighted by Crippen LogP contribution is -2.36. The van der Waals surface area contributed by atoms with Crippen molar-refractivity contribution in [2.75, 3.05) is 7.05 Å². The van der Waals surface area contributed by atoms with Crippen LogP contribution in [0.3, 0.4) is 0 Å². The highest BCUT2D eigenvalue weighted by Gasteiger charge is 2.05. The molecule has 3 aromatic rings. The van der Waals surface area contributed by atoms with Gasteiger partial charge in [0.15, 0.2) is 5.96 Å². The summed E-state index contributed by atoms with van der Waals surface area (Å²) in [5, 5.41) is 6.75. The molecule has 2 aromatic carbocycles. The Balaban J connectivity index is 0.00000243. The lowest BCUT2D eigenvalue weighted by atomic mass is 10.1. The number of rotatable bonds is 5. The molecular weight excluding hydrogens is 437 g/mol. The Morgan fingerprint density at radius 2 is 1.65 bits per heavy atom. The normalized spacial score (nSPS) is 10.9. The van der Waals surface area contributed by atoms with Crippen LogP contribution in [0.1, 0.15) is 16.7 Å². The van der Waals surface area contributed by atoms with Gasteiger partial charge in [0.25, 0.3) is 0 Å². The molecule has 0 spiro atoms. The van der Waals surface area contributed by atoms with Crippen LogP contribution in [0.25, 0.3) is 5.69 Å². The zero-order valence-electron chi connectivity index (χ0n) is 15.0. The maximum atomic E-state index is 4.32. The minimum Gasteiger partial charge on any atom is -0.352 e. The van der Waals surface area contributed by atoms with E-state index < -0.39 is 0 Å². The fourth-order valence-corrected chi connectivity index (χ4v) is 2.70. The molecule has 0 fully saturated rings.